The van der Waals surface area contributed by atoms with Crippen molar-refractivity contribution < 1.29 is 9.50 Å². The van der Waals surface area contributed by atoms with Gasteiger partial charge >= 0.3 is 0 Å². The number of benzene rings is 1. The molecule has 0 saturated heterocycles. The number of hydrogen-bond donors (Lipinski definition) is 1. The Labute approximate surface area is 110 Å². The Balaban J connectivity index is 1.87. The van der Waals surface area contributed by atoms with Gasteiger partial charge in [0.05, 0.1) is 6.61 Å². The lowest BCUT2D eigenvalue weighted by Gasteiger charge is -2.19. The molecule has 0 saturated carbocycles. The van der Waals surface area contributed by atoms with Gasteiger partial charge in [-0.3, -0.25) is 0 Å². The first kappa shape index (κ1) is 12.3. The van der Waals surface area contributed by atoms with Crippen molar-refractivity contribution in [2.24, 2.45) is 0 Å². The lowest BCUT2D eigenvalue weighted by Crippen LogP contribution is -2.19. The molecule has 0 bridgehead atoms. The summed E-state index contributed by atoms with van der Waals surface area (Å²) >= 11 is 0. The predicted octanol–water partition coefficient (Wildman–Crippen LogP) is 1.88. The minimum atomic E-state index is -0.228. The Hall–Kier alpha value is -1.75. The number of aliphatic hydroxyl groups is 1. The standard InChI is InChI=1S/C14H16FN3O/c15-12-6-2-1-4-10(12)8-13-16-14-11(9-19)5-3-7-18(14)17-13/h1-2,4,6,11,19H,3,5,7-9H2. The Kier molecular flexibility index (Phi) is 3.29. The van der Waals surface area contributed by atoms with E-state index in [9.17, 15) is 9.50 Å². The van der Waals surface area contributed by atoms with E-state index in [1.165, 1.54) is 6.07 Å². The van der Waals surface area contributed by atoms with Gasteiger partial charge in [-0.15, -0.1) is 0 Å². The summed E-state index contributed by atoms with van der Waals surface area (Å²) in [5, 5.41) is 13.8. The molecular weight excluding hydrogens is 245 g/mol. The average molecular weight is 261 g/mol. The number of hydrogen-bond acceptors (Lipinski definition) is 3. The summed E-state index contributed by atoms with van der Waals surface area (Å²) in [6, 6.07) is 6.68. The van der Waals surface area contributed by atoms with Gasteiger partial charge in [0, 0.05) is 18.9 Å². The van der Waals surface area contributed by atoms with Crippen LogP contribution in [0.3, 0.4) is 0 Å². The Bertz CT molecular complexity index is 582. The van der Waals surface area contributed by atoms with Crippen molar-refractivity contribution in [3.05, 3.63) is 47.3 Å². The second-order valence-electron chi connectivity index (χ2n) is 4.90. The van der Waals surface area contributed by atoms with Crippen LogP contribution in [0, 0.1) is 5.82 Å². The van der Waals surface area contributed by atoms with E-state index >= 15 is 0 Å². The molecule has 1 N–H and O–H groups in total. The molecule has 3 rings (SSSR count). The minimum Gasteiger partial charge on any atom is -0.396 e. The van der Waals surface area contributed by atoms with Crippen LogP contribution in [0.1, 0.15) is 36.0 Å². The molecule has 5 heteroatoms. The van der Waals surface area contributed by atoms with Gasteiger partial charge in [-0.2, -0.15) is 5.10 Å². The Morgan fingerprint density at radius 2 is 2.21 bits per heavy atom. The summed E-state index contributed by atoms with van der Waals surface area (Å²) in [4.78, 5) is 4.46. The van der Waals surface area contributed by atoms with Gasteiger partial charge in [-0.25, -0.2) is 14.1 Å². The Morgan fingerprint density at radius 3 is 3.00 bits per heavy atom. The summed E-state index contributed by atoms with van der Waals surface area (Å²) in [5.74, 6) is 1.30. The third kappa shape index (κ3) is 2.38. The lowest BCUT2D eigenvalue weighted by atomic mass is 10.0. The molecule has 1 aliphatic rings. The maximum atomic E-state index is 13.6. The van der Waals surface area contributed by atoms with Crippen LogP contribution in [0.2, 0.25) is 0 Å². The number of nitrogens with zero attached hydrogens (tertiary/aromatic N) is 3. The summed E-state index contributed by atoms with van der Waals surface area (Å²) in [6.07, 6.45) is 2.33. The van der Waals surface area contributed by atoms with Gasteiger partial charge in [0.15, 0.2) is 5.82 Å². The molecule has 2 aromatic rings. The summed E-state index contributed by atoms with van der Waals surface area (Å²) < 4.78 is 15.4. The summed E-state index contributed by atoms with van der Waals surface area (Å²) in [7, 11) is 0. The highest BCUT2D eigenvalue weighted by molar-refractivity contribution is 5.21. The van der Waals surface area contributed by atoms with Crippen molar-refractivity contribution in [3.8, 4) is 0 Å². The van der Waals surface area contributed by atoms with E-state index in [-0.39, 0.29) is 18.3 Å². The van der Waals surface area contributed by atoms with E-state index in [0.29, 0.717) is 17.8 Å². The number of fused-ring (bicyclic) bond motifs is 1. The number of halogens is 1. The van der Waals surface area contributed by atoms with Gasteiger partial charge in [-0.05, 0) is 24.5 Å². The van der Waals surface area contributed by atoms with E-state index in [0.717, 1.165) is 25.2 Å². The molecular formula is C14H16FN3O. The van der Waals surface area contributed by atoms with Crippen LogP contribution in [0.15, 0.2) is 24.3 Å². The molecule has 0 fully saturated rings. The number of rotatable bonds is 3. The zero-order valence-corrected chi connectivity index (χ0v) is 10.6. The van der Waals surface area contributed by atoms with Crippen LogP contribution >= 0.6 is 0 Å². The van der Waals surface area contributed by atoms with Gasteiger partial charge in [0.2, 0.25) is 0 Å². The zero-order chi connectivity index (χ0) is 13.2. The van der Waals surface area contributed by atoms with Crippen molar-refractivity contribution in [3.63, 3.8) is 0 Å². The molecule has 1 aromatic carbocycles. The van der Waals surface area contributed by atoms with Gasteiger partial charge in [0.25, 0.3) is 0 Å². The fourth-order valence-corrected chi connectivity index (χ4v) is 2.55. The number of aliphatic hydroxyl groups excluding tert-OH is 1. The number of aryl methyl sites for hydroxylation is 1. The highest BCUT2D eigenvalue weighted by Crippen LogP contribution is 2.25. The fraction of sp³-hybridized carbons (Fsp3) is 0.429. The minimum absolute atomic E-state index is 0.0654. The van der Waals surface area contributed by atoms with E-state index in [2.05, 4.69) is 10.1 Å². The SMILES string of the molecule is OCC1CCCn2nc(Cc3ccccc3F)nc21. The highest BCUT2D eigenvalue weighted by Gasteiger charge is 2.23. The number of aromatic nitrogens is 3. The first-order valence-corrected chi connectivity index (χ1v) is 6.56. The quantitative estimate of drug-likeness (QED) is 0.917. The Morgan fingerprint density at radius 1 is 1.37 bits per heavy atom. The molecule has 19 heavy (non-hydrogen) atoms. The molecule has 4 nitrogen and oxygen atoms in total. The van der Waals surface area contributed by atoms with Crippen molar-refractivity contribution in [1.82, 2.24) is 14.8 Å². The maximum absolute atomic E-state index is 13.6. The average Bonchev–Trinajstić information content (AvgIpc) is 2.83. The van der Waals surface area contributed by atoms with Crippen LogP contribution in [-0.4, -0.2) is 26.5 Å². The lowest BCUT2D eigenvalue weighted by molar-refractivity contribution is 0.234. The van der Waals surface area contributed by atoms with Crippen molar-refractivity contribution in [2.75, 3.05) is 6.61 Å². The van der Waals surface area contributed by atoms with Gasteiger partial charge in [-0.1, -0.05) is 18.2 Å². The third-order valence-electron chi connectivity index (χ3n) is 3.56. The molecule has 0 radical (unpaired) electrons. The van der Waals surface area contributed by atoms with E-state index < -0.39 is 0 Å². The van der Waals surface area contributed by atoms with E-state index in [4.69, 9.17) is 0 Å². The fourth-order valence-electron chi connectivity index (χ4n) is 2.55. The molecule has 100 valence electrons. The van der Waals surface area contributed by atoms with Crippen LogP contribution in [0.5, 0.6) is 0 Å². The molecule has 1 aliphatic heterocycles. The van der Waals surface area contributed by atoms with Crippen molar-refractivity contribution in [2.45, 2.75) is 31.7 Å². The van der Waals surface area contributed by atoms with E-state index in [1.807, 2.05) is 10.7 Å². The second kappa shape index (κ2) is 5.09. The van der Waals surface area contributed by atoms with Crippen molar-refractivity contribution >= 4 is 0 Å². The summed E-state index contributed by atoms with van der Waals surface area (Å²) in [6.45, 7) is 0.925. The van der Waals surface area contributed by atoms with Gasteiger partial charge < -0.3 is 5.11 Å². The zero-order valence-electron chi connectivity index (χ0n) is 10.6. The van der Waals surface area contributed by atoms with Crippen LogP contribution < -0.4 is 0 Å². The molecule has 1 aromatic heterocycles. The van der Waals surface area contributed by atoms with Crippen LogP contribution in [0.4, 0.5) is 4.39 Å². The molecule has 0 spiro atoms. The first-order chi connectivity index (χ1) is 9.28. The maximum Gasteiger partial charge on any atom is 0.155 e. The molecule has 2 heterocycles. The first-order valence-electron chi connectivity index (χ1n) is 6.56. The van der Waals surface area contributed by atoms with Crippen molar-refractivity contribution in [1.29, 1.82) is 0 Å². The topological polar surface area (TPSA) is 50.9 Å². The molecule has 1 unspecified atom stereocenters. The molecule has 0 aliphatic carbocycles. The van der Waals surface area contributed by atoms with Crippen LogP contribution in [0.25, 0.3) is 0 Å². The molecule has 1 atom stereocenters. The third-order valence-corrected chi connectivity index (χ3v) is 3.56. The van der Waals surface area contributed by atoms with Crippen LogP contribution in [-0.2, 0) is 13.0 Å². The van der Waals surface area contributed by atoms with Gasteiger partial charge in [0.1, 0.15) is 11.6 Å². The smallest absolute Gasteiger partial charge is 0.155 e. The summed E-state index contributed by atoms with van der Waals surface area (Å²) in [5.41, 5.74) is 0.603. The highest BCUT2D eigenvalue weighted by atomic mass is 19.1. The normalized spacial score (nSPS) is 18.3. The van der Waals surface area contributed by atoms with E-state index in [1.54, 1.807) is 12.1 Å². The largest absolute Gasteiger partial charge is 0.396 e. The monoisotopic (exact) mass is 261 g/mol. The second-order valence-corrected chi connectivity index (χ2v) is 4.90. The predicted molar refractivity (Wildman–Crippen MR) is 68.3 cm³/mol. The molecule has 0 amide bonds.